The highest BCUT2D eigenvalue weighted by atomic mass is 31.2. The molecule has 6 atom stereocenters. The zero-order valence-corrected chi connectivity index (χ0v) is 17.0. The molecule has 3 nitrogen and oxygen atoms in total. The molecule has 2 aromatic carbocycles. The van der Waals surface area contributed by atoms with Crippen LogP contribution in [0.5, 0.6) is 0 Å². The van der Waals surface area contributed by atoms with Gasteiger partial charge in [-0.25, -0.2) is 0 Å². The van der Waals surface area contributed by atoms with Crippen LogP contribution in [-0.4, -0.2) is 23.7 Å². The Morgan fingerprint density at radius 3 is 2.11 bits per heavy atom. The molecule has 2 aromatic rings. The van der Waals surface area contributed by atoms with E-state index in [0.29, 0.717) is 11.8 Å². The molecular formula is C24H27O3P. The van der Waals surface area contributed by atoms with Gasteiger partial charge in [-0.2, -0.15) is 0 Å². The van der Waals surface area contributed by atoms with Crippen LogP contribution in [0.25, 0.3) is 0 Å². The zero-order valence-electron chi connectivity index (χ0n) is 16.1. The Labute approximate surface area is 166 Å². The number of hydrogen-bond acceptors (Lipinski definition) is 3. The fourth-order valence-electron chi connectivity index (χ4n) is 6.25. The highest BCUT2D eigenvalue weighted by Crippen LogP contribution is 2.65. The average molecular weight is 394 g/mol. The Kier molecular flexibility index (Phi) is 4.39. The van der Waals surface area contributed by atoms with Gasteiger partial charge >= 0.3 is 0 Å². The van der Waals surface area contributed by atoms with Crippen LogP contribution in [0.15, 0.2) is 72.8 Å². The third-order valence-corrected chi connectivity index (χ3v) is 10.8. The minimum Gasteiger partial charge on any atom is -0.386 e. The molecular weight excluding hydrogens is 367 g/mol. The zero-order chi connectivity index (χ0) is 19.4. The molecule has 0 aromatic heterocycles. The SMILES string of the molecule is CO[C@@H]([C@@]1(O)[C@H]2C=C[C@@H]3C[C@H]2CC[C@@H]31)P(=O)(c1ccccc1)c1ccccc1. The number of allylic oxidation sites excluding steroid dienone is 1. The monoisotopic (exact) mass is 394 g/mol. The van der Waals surface area contributed by atoms with Crippen LogP contribution in [-0.2, 0) is 9.30 Å². The van der Waals surface area contributed by atoms with Gasteiger partial charge in [0.1, 0.15) is 11.4 Å². The predicted molar refractivity (Wildman–Crippen MR) is 112 cm³/mol. The molecule has 1 N–H and O–H groups in total. The van der Waals surface area contributed by atoms with Gasteiger partial charge in [0.15, 0.2) is 7.14 Å². The van der Waals surface area contributed by atoms with Crippen molar-refractivity contribution in [3.05, 3.63) is 72.8 Å². The quantitative estimate of drug-likeness (QED) is 0.617. The van der Waals surface area contributed by atoms with Crippen molar-refractivity contribution in [2.45, 2.75) is 30.7 Å². The predicted octanol–water partition coefficient (Wildman–Crippen LogP) is 3.94. The normalized spacial score (nSPS) is 34.5. The maximum Gasteiger partial charge on any atom is 0.173 e. The topological polar surface area (TPSA) is 46.5 Å². The molecule has 5 aliphatic rings. The van der Waals surface area contributed by atoms with Crippen LogP contribution in [0.2, 0.25) is 0 Å². The summed E-state index contributed by atoms with van der Waals surface area (Å²) in [7, 11) is -1.62. The highest BCUT2D eigenvalue weighted by Gasteiger charge is 2.65. The fourth-order valence-corrected chi connectivity index (χ4v) is 9.56. The summed E-state index contributed by atoms with van der Waals surface area (Å²) >= 11 is 0. The molecule has 0 heterocycles. The van der Waals surface area contributed by atoms with E-state index in [1.54, 1.807) is 7.11 Å². The van der Waals surface area contributed by atoms with Crippen LogP contribution in [0.3, 0.4) is 0 Å². The van der Waals surface area contributed by atoms with Gasteiger partial charge in [-0.15, -0.1) is 0 Å². The molecule has 4 bridgehead atoms. The first-order chi connectivity index (χ1) is 13.6. The lowest BCUT2D eigenvalue weighted by molar-refractivity contribution is -0.195. The van der Waals surface area contributed by atoms with E-state index in [1.807, 2.05) is 60.7 Å². The van der Waals surface area contributed by atoms with Gasteiger partial charge in [-0.3, -0.25) is 0 Å². The first kappa shape index (κ1) is 18.4. The van der Waals surface area contributed by atoms with E-state index in [0.717, 1.165) is 29.9 Å². The molecule has 5 aliphatic carbocycles. The van der Waals surface area contributed by atoms with E-state index >= 15 is 0 Å². The maximum absolute atomic E-state index is 14.9. The first-order valence-corrected chi connectivity index (χ1v) is 12.0. The summed E-state index contributed by atoms with van der Waals surface area (Å²) in [6, 6.07) is 19.2. The summed E-state index contributed by atoms with van der Waals surface area (Å²) < 4.78 is 20.9. The van der Waals surface area contributed by atoms with E-state index in [1.165, 1.54) is 0 Å². The Balaban J connectivity index is 1.71. The van der Waals surface area contributed by atoms with Crippen LogP contribution in [0.1, 0.15) is 19.3 Å². The Bertz CT molecular complexity index is 882. The van der Waals surface area contributed by atoms with E-state index < -0.39 is 18.6 Å². The van der Waals surface area contributed by atoms with E-state index in [-0.39, 0.29) is 11.8 Å². The van der Waals surface area contributed by atoms with Crippen LogP contribution >= 0.6 is 7.14 Å². The summed E-state index contributed by atoms with van der Waals surface area (Å²) in [6.07, 6.45) is 7.74. The molecule has 0 radical (unpaired) electrons. The van der Waals surface area contributed by atoms with E-state index in [9.17, 15) is 9.67 Å². The molecule has 0 amide bonds. The molecule has 3 saturated carbocycles. The van der Waals surface area contributed by atoms with Crippen molar-refractivity contribution >= 4 is 17.8 Å². The van der Waals surface area contributed by atoms with Crippen molar-refractivity contribution in [3.8, 4) is 0 Å². The molecule has 7 rings (SSSR count). The standard InChI is InChI=1S/C24H27O3P/c1-27-23(24(25)21-14-12-17-16-18(21)13-15-22(17)24)28(26,19-8-4-2-5-9-19)20-10-6-3-7-11-20/h2-12,14,17-18,21-23,25H,13,15-16H2,1H3/t17-,18-,21+,22+,23-,24-/m1/s1. The summed E-state index contributed by atoms with van der Waals surface area (Å²) in [4.78, 5) is 0. The molecule has 0 saturated heterocycles. The van der Waals surface area contributed by atoms with Crippen molar-refractivity contribution in [2.24, 2.45) is 23.7 Å². The lowest BCUT2D eigenvalue weighted by atomic mass is 9.49. The van der Waals surface area contributed by atoms with E-state index in [2.05, 4.69) is 12.2 Å². The van der Waals surface area contributed by atoms with Crippen LogP contribution in [0, 0.1) is 23.7 Å². The molecule has 0 spiro atoms. The molecule has 146 valence electrons. The van der Waals surface area contributed by atoms with E-state index in [4.69, 9.17) is 4.74 Å². The van der Waals surface area contributed by atoms with Gasteiger partial charge in [-0.05, 0) is 37.0 Å². The summed E-state index contributed by atoms with van der Waals surface area (Å²) in [6.45, 7) is 0. The number of rotatable bonds is 5. The average Bonchev–Trinajstić information content (AvgIpc) is 2.75. The van der Waals surface area contributed by atoms with Gasteiger partial charge < -0.3 is 14.4 Å². The van der Waals surface area contributed by atoms with Crippen LogP contribution in [0.4, 0.5) is 0 Å². The largest absolute Gasteiger partial charge is 0.386 e. The number of benzene rings is 2. The van der Waals surface area contributed by atoms with Crippen molar-refractivity contribution in [2.75, 3.05) is 7.11 Å². The van der Waals surface area contributed by atoms with Crippen molar-refractivity contribution < 1.29 is 14.4 Å². The number of fused-ring (bicyclic) bond motifs is 1. The van der Waals surface area contributed by atoms with Gasteiger partial charge in [-0.1, -0.05) is 72.8 Å². The molecule has 3 fully saturated rings. The third kappa shape index (κ3) is 2.40. The number of ether oxygens (including phenoxy) is 1. The first-order valence-electron chi connectivity index (χ1n) is 10.2. The van der Waals surface area contributed by atoms with Crippen molar-refractivity contribution in [1.29, 1.82) is 0 Å². The number of hydrogen-bond donors (Lipinski definition) is 1. The fraction of sp³-hybridized carbons (Fsp3) is 0.417. The molecule has 4 heteroatoms. The Morgan fingerprint density at radius 2 is 1.61 bits per heavy atom. The number of aliphatic hydroxyl groups is 1. The second kappa shape index (κ2) is 6.69. The molecule has 0 unspecified atom stereocenters. The Hall–Kier alpha value is -1.67. The lowest BCUT2D eigenvalue weighted by Gasteiger charge is -2.61. The molecule has 28 heavy (non-hydrogen) atoms. The van der Waals surface area contributed by atoms with Gasteiger partial charge in [0.05, 0.1) is 0 Å². The smallest absolute Gasteiger partial charge is 0.173 e. The summed E-state index contributed by atoms with van der Waals surface area (Å²) in [5.74, 6) is 0.199. The third-order valence-electron chi connectivity index (χ3n) is 7.37. The van der Waals surface area contributed by atoms with Crippen molar-refractivity contribution in [3.63, 3.8) is 0 Å². The van der Waals surface area contributed by atoms with Gasteiger partial charge in [0.2, 0.25) is 0 Å². The van der Waals surface area contributed by atoms with Crippen molar-refractivity contribution in [1.82, 2.24) is 0 Å². The van der Waals surface area contributed by atoms with Gasteiger partial charge in [0, 0.05) is 23.6 Å². The number of methoxy groups -OCH3 is 1. The Morgan fingerprint density at radius 1 is 1.00 bits per heavy atom. The lowest BCUT2D eigenvalue weighted by Crippen LogP contribution is -2.66. The molecule has 0 aliphatic heterocycles. The minimum absolute atomic E-state index is 0.0157. The summed E-state index contributed by atoms with van der Waals surface area (Å²) in [5.41, 5.74) is -1.10. The van der Waals surface area contributed by atoms with Gasteiger partial charge in [0.25, 0.3) is 0 Å². The minimum atomic E-state index is -3.23. The summed E-state index contributed by atoms with van der Waals surface area (Å²) in [5, 5.41) is 13.7. The van der Waals surface area contributed by atoms with Crippen LogP contribution < -0.4 is 10.6 Å². The highest BCUT2D eigenvalue weighted by molar-refractivity contribution is 7.79. The second-order valence-corrected chi connectivity index (χ2v) is 11.4. The second-order valence-electron chi connectivity index (χ2n) is 8.56. The maximum atomic E-state index is 14.9.